The molecular weight excluding hydrogens is 290 g/mol. The molecule has 2 rings (SSSR count). The van der Waals surface area contributed by atoms with Crippen molar-refractivity contribution in [2.45, 2.75) is 11.9 Å². The Morgan fingerprint density at radius 1 is 1.58 bits per heavy atom. The van der Waals surface area contributed by atoms with Gasteiger partial charge in [-0.05, 0) is 18.4 Å². The lowest BCUT2D eigenvalue weighted by molar-refractivity contribution is 0.0522. The van der Waals surface area contributed by atoms with Crippen LogP contribution in [-0.4, -0.2) is 31.2 Å². The summed E-state index contributed by atoms with van der Waals surface area (Å²) in [6.07, 6.45) is 1.13. The average Bonchev–Trinajstić information content (AvgIpc) is 2.98. The fourth-order valence-corrected chi connectivity index (χ4v) is 3.16. The lowest BCUT2D eigenvalue weighted by atomic mass is 10.4. The van der Waals surface area contributed by atoms with Crippen LogP contribution in [0.3, 0.4) is 0 Å². The van der Waals surface area contributed by atoms with Gasteiger partial charge in [0.15, 0.2) is 5.03 Å². The van der Waals surface area contributed by atoms with Crippen molar-refractivity contribution in [3.63, 3.8) is 0 Å². The molecule has 9 heteroatoms. The zero-order valence-corrected chi connectivity index (χ0v) is 11.5. The van der Waals surface area contributed by atoms with Crippen molar-refractivity contribution in [1.82, 2.24) is 10.2 Å². The fraction of sp³-hybridized carbons (Fsp3) is 0.200. The van der Waals surface area contributed by atoms with E-state index < -0.39 is 16.0 Å². The van der Waals surface area contributed by atoms with Crippen LogP contribution in [-0.2, 0) is 14.8 Å². The molecule has 0 spiro atoms. The van der Waals surface area contributed by atoms with E-state index in [4.69, 9.17) is 4.74 Å². The summed E-state index contributed by atoms with van der Waals surface area (Å²) in [6, 6.07) is 1.61. The Morgan fingerprint density at radius 3 is 3.00 bits per heavy atom. The van der Waals surface area contributed by atoms with Crippen LogP contribution in [0.5, 0.6) is 0 Å². The monoisotopic (exact) mass is 301 g/mol. The summed E-state index contributed by atoms with van der Waals surface area (Å²) in [7, 11) is -3.90. The van der Waals surface area contributed by atoms with Gasteiger partial charge in [-0.15, -0.1) is 0 Å². The number of hydrogen-bond acceptors (Lipinski definition) is 6. The lowest BCUT2D eigenvalue weighted by Crippen LogP contribution is -2.17. The molecule has 0 atom stereocenters. The summed E-state index contributed by atoms with van der Waals surface area (Å²) in [5.41, 5.74) is 0.305. The van der Waals surface area contributed by atoms with Crippen molar-refractivity contribution in [3.05, 3.63) is 28.6 Å². The molecule has 0 aromatic carbocycles. The highest BCUT2D eigenvalue weighted by Crippen LogP contribution is 2.19. The smallest absolute Gasteiger partial charge is 0.342 e. The Labute approximate surface area is 113 Å². The van der Waals surface area contributed by atoms with Crippen molar-refractivity contribution in [3.8, 4) is 0 Å². The molecule has 19 heavy (non-hydrogen) atoms. The maximum Gasteiger partial charge on any atom is 0.342 e. The molecule has 0 fully saturated rings. The van der Waals surface area contributed by atoms with Gasteiger partial charge in [-0.2, -0.15) is 24.9 Å². The number of esters is 1. The van der Waals surface area contributed by atoms with Crippen molar-refractivity contribution in [2.24, 2.45) is 0 Å². The van der Waals surface area contributed by atoms with Crippen LogP contribution in [0.1, 0.15) is 17.3 Å². The van der Waals surface area contributed by atoms with Gasteiger partial charge in [-0.25, -0.2) is 4.79 Å². The molecule has 0 bridgehead atoms. The number of thiophene rings is 1. The van der Waals surface area contributed by atoms with Gasteiger partial charge in [0.1, 0.15) is 5.56 Å². The number of carbonyl (C=O) groups excluding carboxylic acids is 1. The Bertz CT molecular complexity index is 661. The predicted molar refractivity (Wildman–Crippen MR) is 69.7 cm³/mol. The van der Waals surface area contributed by atoms with Crippen LogP contribution < -0.4 is 4.72 Å². The summed E-state index contributed by atoms with van der Waals surface area (Å²) < 4.78 is 31.3. The molecule has 0 unspecified atom stereocenters. The van der Waals surface area contributed by atoms with E-state index in [-0.39, 0.29) is 17.2 Å². The topological polar surface area (TPSA) is 101 Å². The first-order valence-electron chi connectivity index (χ1n) is 5.30. The van der Waals surface area contributed by atoms with Gasteiger partial charge in [0, 0.05) is 5.38 Å². The molecule has 7 nitrogen and oxygen atoms in total. The zero-order valence-electron chi connectivity index (χ0n) is 9.91. The van der Waals surface area contributed by atoms with Crippen molar-refractivity contribution < 1.29 is 17.9 Å². The number of carbonyl (C=O) groups is 1. The number of hydrogen-bond donors (Lipinski definition) is 2. The first-order chi connectivity index (χ1) is 9.04. The van der Waals surface area contributed by atoms with Gasteiger partial charge in [-0.1, -0.05) is 0 Å². The van der Waals surface area contributed by atoms with Crippen LogP contribution in [0.15, 0.2) is 28.0 Å². The van der Waals surface area contributed by atoms with Gasteiger partial charge in [0.25, 0.3) is 10.0 Å². The summed E-state index contributed by atoms with van der Waals surface area (Å²) in [6.45, 7) is 1.79. The molecule has 0 aliphatic rings. The fourth-order valence-electron chi connectivity index (χ4n) is 1.36. The number of sulfonamides is 1. The van der Waals surface area contributed by atoms with Crippen molar-refractivity contribution >= 4 is 33.0 Å². The van der Waals surface area contributed by atoms with Crippen molar-refractivity contribution in [1.29, 1.82) is 0 Å². The first kappa shape index (κ1) is 13.6. The molecular formula is C10H11N3O4S2. The highest BCUT2D eigenvalue weighted by Gasteiger charge is 2.26. The second-order valence-corrected chi connectivity index (χ2v) is 5.85. The number of H-pyrrole nitrogens is 1. The van der Waals surface area contributed by atoms with E-state index in [2.05, 4.69) is 14.9 Å². The third-order valence-electron chi connectivity index (χ3n) is 2.14. The minimum absolute atomic E-state index is 0.121. The molecule has 0 aliphatic carbocycles. The van der Waals surface area contributed by atoms with E-state index >= 15 is 0 Å². The average molecular weight is 301 g/mol. The second-order valence-electron chi connectivity index (χ2n) is 3.45. The molecule has 102 valence electrons. The lowest BCUT2D eigenvalue weighted by Gasteiger charge is -2.06. The second kappa shape index (κ2) is 5.41. The van der Waals surface area contributed by atoms with Gasteiger partial charge in [0.05, 0.1) is 18.5 Å². The Hall–Kier alpha value is -1.87. The molecule has 2 aromatic rings. The van der Waals surface area contributed by atoms with Crippen LogP contribution in [0, 0.1) is 0 Å². The van der Waals surface area contributed by atoms with Crippen LogP contribution in [0.25, 0.3) is 0 Å². The van der Waals surface area contributed by atoms with E-state index in [1.165, 1.54) is 11.3 Å². The quantitative estimate of drug-likeness (QED) is 0.814. The Balaban J connectivity index is 2.31. The van der Waals surface area contributed by atoms with Crippen LogP contribution in [0.4, 0.5) is 5.69 Å². The highest BCUT2D eigenvalue weighted by atomic mass is 32.2. The number of aromatic nitrogens is 2. The summed E-state index contributed by atoms with van der Waals surface area (Å²) in [4.78, 5) is 11.6. The molecule has 0 saturated carbocycles. The molecule has 2 N–H and O–H groups in total. The number of nitrogens with one attached hydrogen (secondary N) is 2. The molecule has 0 saturated heterocycles. The maximum absolute atomic E-state index is 12.1. The summed E-state index contributed by atoms with van der Waals surface area (Å²) in [5, 5.41) is 8.94. The molecule has 0 aliphatic heterocycles. The van der Waals surface area contributed by atoms with Gasteiger partial charge < -0.3 is 4.74 Å². The minimum atomic E-state index is -3.90. The first-order valence-corrected chi connectivity index (χ1v) is 7.72. The summed E-state index contributed by atoms with van der Waals surface area (Å²) >= 11 is 1.35. The number of ether oxygens (including phenoxy) is 1. The standard InChI is InChI=1S/C10H11N3O4S2/c1-2-17-10(14)8-5-11-12-9(8)19(15,16)13-7-3-4-18-6-7/h3-6,13H,2H2,1H3,(H,11,12). The third kappa shape index (κ3) is 2.93. The minimum Gasteiger partial charge on any atom is -0.462 e. The number of rotatable bonds is 5. The molecule has 2 aromatic heterocycles. The number of aromatic amines is 1. The van der Waals surface area contributed by atoms with Crippen molar-refractivity contribution in [2.75, 3.05) is 11.3 Å². The van der Waals surface area contributed by atoms with Gasteiger partial charge in [0.2, 0.25) is 0 Å². The van der Waals surface area contributed by atoms with E-state index in [0.717, 1.165) is 6.20 Å². The predicted octanol–water partition coefficient (Wildman–Crippen LogP) is 1.45. The SMILES string of the molecule is CCOC(=O)c1cn[nH]c1S(=O)(=O)Nc1ccsc1. The molecule has 2 heterocycles. The highest BCUT2D eigenvalue weighted by molar-refractivity contribution is 7.92. The third-order valence-corrected chi connectivity index (χ3v) is 4.18. The Kier molecular flexibility index (Phi) is 3.86. The summed E-state index contributed by atoms with van der Waals surface area (Å²) in [5.74, 6) is -0.734. The van der Waals surface area contributed by atoms with E-state index in [0.29, 0.717) is 5.69 Å². The largest absolute Gasteiger partial charge is 0.462 e. The molecule has 0 amide bonds. The van der Waals surface area contributed by atoms with Gasteiger partial charge >= 0.3 is 5.97 Å². The zero-order chi connectivity index (χ0) is 13.9. The van der Waals surface area contributed by atoms with Crippen LogP contribution in [0.2, 0.25) is 0 Å². The van der Waals surface area contributed by atoms with E-state index in [1.807, 2.05) is 0 Å². The number of nitrogens with zero attached hydrogens (tertiary/aromatic N) is 1. The number of anilines is 1. The normalized spacial score (nSPS) is 11.2. The molecule has 0 radical (unpaired) electrons. The Morgan fingerprint density at radius 2 is 2.37 bits per heavy atom. The van der Waals surface area contributed by atoms with Gasteiger partial charge in [-0.3, -0.25) is 9.82 Å². The van der Waals surface area contributed by atoms with Crippen LogP contribution >= 0.6 is 11.3 Å². The maximum atomic E-state index is 12.1. The van der Waals surface area contributed by atoms with E-state index in [1.54, 1.807) is 23.8 Å². The van der Waals surface area contributed by atoms with E-state index in [9.17, 15) is 13.2 Å².